The minimum atomic E-state index is -0.119. The van der Waals surface area contributed by atoms with Crippen LogP contribution in [0.2, 0.25) is 0 Å². The average molecular weight is 294 g/mol. The van der Waals surface area contributed by atoms with Crippen molar-refractivity contribution in [1.82, 2.24) is 5.32 Å². The van der Waals surface area contributed by atoms with E-state index in [1.165, 1.54) is 18.2 Å². The summed E-state index contributed by atoms with van der Waals surface area (Å²) < 4.78 is 0. The van der Waals surface area contributed by atoms with Gasteiger partial charge in [-0.25, -0.2) is 0 Å². The Morgan fingerprint density at radius 2 is 2.00 bits per heavy atom. The Balaban J connectivity index is 2.25. The highest BCUT2D eigenvalue weighted by Crippen LogP contribution is 2.38. The third-order valence-corrected chi connectivity index (χ3v) is 4.71. The van der Waals surface area contributed by atoms with Crippen molar-refractivity contribution in [3.8, 4) is 0 Å². The van der Waals surface area contributed by atoms with E-state index in [1.54, 1.807) is 11.3 Å². The van der Waals surface area contributed by atoms with Gasteiger partial charge in [-0.15, -0.1) is 11.3 Å². The fourth-order valence-electron chi connectivity index (χ4n) is 2.52. The van der Waals surface area contributed by atoms with Crippen LogP contribution >= 0.6 is 11.3 Å². The van der Waals surface area contributed by atoms with Gasteiger partial charge in [0.1, 0.15) is 5.00 Å². The second-order valence-corrected chi connectivity index (χ2v) is 6.31. The van der Waals surface area contributed by atoms with E-state index >= 15 is 0 Å². The molecule has 0 fully saturated rings. The van der Waals surface area contributed by atoms with Gasteiger partial charge in [0.25, 0.3) is 5.91 Å². The molecule has 0 aliphatic heterocycles. The zero-order chi connectivity index (χ0) is 14.5. The molecule has 1 aromatic rings. The van der Waals surface area contributed by atoms with Crippen molar-refractivity contribution in [2.45, 2.75) is 52.4 Å². The zero-order valence-electron chi connectivity index (χ0n) is 12.2. The summed E-state index contributed by atoms with van der Waals surface area (Å²) in [6, 6.07) is 0. The van der Waals surface area contributed by atoms with E-state index in [9.17, 15) is 9.59 Å². The molecule has 1 aliphatic carbocycles. The Kier molecular flexibility index (Phi) is 5.17. The molecule has 5 heteroatoms. The lowest BCUT2D eigenvalue weighted by molar-refractivity contribution is -0.114. The number of hydrogen-bond donors (Lipinski definition) is 2. The Hall–Kier alpha value is -1.36. The van der Waals surface area contributed by atoms with Crippen LogP contribution in [0.1, 0.15) is 60.3 Å². The monoisotopic (exact) mass is 294 g/mol. The van der Waals surface area contributed by atoms with Gasteiger partial charge in [-0.3, -0.25) is 9.59 Å². The summed E-state index contributed by atoms with van der Waals surface area (Å²) in [5.41, 5.74) is 1.86. The highest BCUT2D eigenvalue weighted by molar-refractivity contribution is 7.17. The quantitative estimate of drug-likeness (QED) is 0.820. The van der Waals surface area contributed by atoms with Crippen LogP contribution in [-0.2, 0) is 17.6 Å². The first-order chi connectivity index (χ1) is 9.63. The summed E-state index contributed by atoms with van der Waals surface area (Å²) >= 11 is 1.57. The second-order valence-electron chi connectivity index (χ2n) is 5.21. The number of carbonyl (C=O) groups is 2. The van der Waals surface area contributed by atoms with E-state index in [0.29, 0.717) is 12.1 Å². The van der Waals surface area contributed by atoms with Crippen LogP contribution in [0.3, 0.4) is 0 Å². The zero-order valence-corrected chi connectivity index (χ0v) is 13.0. The predicted molar refractivity (Wildman–Crippen MR) is 82.5 cm³/mol. The van der Waals surface area contributed by atoms with Gasteiger partial charge < -0.3 is 10.6 Å². The summed E-state index contributed by atoms with van der Waals surface area (Å²) in [7, 11) is 0. The molecule has 2 rings (SSSR count). The third kappa shape index (κ3) is 3.39. The number of anilines is 1. The van der Waals surface area contributed by atoms with Gasteiger partial charge >= 0.3 is 0 Å². The molecule has 0 radical (unpaired) electrons. The van der Waals surface area contributed by atoms with E-state index < -0.39 is 0 Å². The number of rotatable bonds is 5. The van der Waals surface area contributed by atoms with Gasteiger partial charge in [0.2, 0.25) is 5.91 Å². The first-order valence-corrected chi connectivity index (χ1v) is 8.15. The fraction of sp³-hybridized carbons (Fsp3) is 0.600. The summed E-state index contributed by atoms with van der Waals surface area (Å²) in [5.74, 6) is -0.159. The lowest BCUT2D eigenvalue weighted by Gasteiger charge is -2.13. The maximum Gasteiger partial charge on any atom is 0.254 e. The lowest BCUT2D eigenvalue weighted by atomic mass is 9.95. The van der Waals surface area contributed by atoms with Gasteiger partial charge in [-0.2, -0.15) is 0 Å². The van der Waals surface area contributed by atoms with Crippen molar-refractivity contribution in [3.63, 3.8) is 0 Å². The number of unbranched alkanes of at least 4 members (excludes halogenated alkanes) is 1. The molecule has 0 aromatic carbocycles. The SMILES string of the molecule is CCCCNC(=O)c1c(NC(C)=O)sc2c1CCCC2. The predicted octanol–water partition coefficient (Wildman–Crippen LogP) is 3.12. The molecule has 110 valence electrons. The summed E-state index contributed by atoms with van der Waals surface area (Å²) in [6.45, 7) is 4.28. The number of aryl methyl sites for hydroxylation is 1. The topological polar surface area (TPSA) is 58.2 Å². The van der Waals surface area contributed by atoms with E-state index in [0.717, 1.165) is 42.7 Å². The van der Waals surface area contributed by atoms with Crippen LogP contribution in [0.25, 0.3) is 0 Å². The standard InChI is InChI=1S/C15H22N2O2S/c1-3-4-9-16-14(19)13-11-7-5-6-8-12(11)20-15(13)17-10(2)18/h3-9H2,1-2H3,(H,16,19)(H,17,18). The Morgan fingerprint density at radius 3 is 2.70 bits per heavy atom. The molecule has 2 N–H and O–H groups in total. The van der Waals surface area contributed by atoms with Crippen LogP contribution < -0.4 is 10.6 Å². The maximum absolute atomic E-state index is 12.4. The normalized spacial score (nSPS) is 13.7. The molecule has 0 atom stereocenters. The van der Waals surface area contributed by atoms with E-state index in [2.05, 4.69) is 17.6 Å². The van der Waals surface area contributed by atoms with Crippen molar-refractivity contribution < 1.29 is 9.59 Å². The first kappa shape index (κ1) is 15.0. The Labute approximate surface area is 124 Å². The van der Waals surface area contributed by atoms with Gasteiger partial charge in [-0.1, -0.05) is 13.3 Å². The van der Waals surface area contributed by atoms with Crippen molar-refractivity contribution in [2.24, 2.45) is 0 Å². The molecule has 0 unspecified atom stereocenters. The first-order valence-electron chi connectivity index (χ1n) is 7.33. The van der Waals surface area contributed by atoms with E-state index in [-0.39, 0.29) is 11.8 Å². The van der Waals surface area contributed by atoms with Gasteiger partial charge in [0.15, 0.2) is 0 Å². The molecule has 4 nitrogen and oxygen atoms in total. The molecule has 2 amide bonds. The second kappa shape index (κ2) is 6.88. The fourth-order valence-corrected chi connectivity index (χ4v) is 3.85. The molecule has 1 aliphatic rings. The molecule has 1 aromatic heterocycles. The number of carbonyl (C=O) groups excluding carboxylic acids is 2. The Bertz CT molecular complexity index is 508. The molecular formula is C15H22N2O2S. The summed E-state index contributed by atoms with van der Waals surface area (Å²) in [5, 5.41) is 6.51. The molecule has 0 saturated carbocycles. The smallest absolute Gasteiger partial charge is 0.254 e. The highest BCUT2D eigenvalue weighted by Gasteiger charge is 2.25. The third-order valence-electron chi connectivity index (χ3n) is 3.50. The summed E-state index contributed by atoms with van der Waals surface area (Å²) in [4.78, 5) is 25.0. The van der Waals surface area contributed by atoms with Crippen molar-refractivity contribution in [1.29, 1.82) is 0 Å². The number of hydrogen-bond acceptors (Lipinski definition) is 3. The van der Waals surface area contributed by atoms with Gasteiger partial charge in [-0.05, 0) is 37.7 Å². The number of nitrogens with one attached hydrogen (secondary N) is 2. The number of thiophene rings is 1. The molecule has 20 heavy (non-hydrogen) atoms. The maximum atomic E-state index is 12.4. The van der Waals surface area contributed by atoms with Crippen LogP contribution in [0.4, 0.5) is 5.00 Å². The van der Waals surface area contributed by atoms with Crippen LogP contribution in [0, 0.1) is 0 Å². The Morgan fingerprint density at radius 1 is 1.25 bits per heavy atom. The van der Waals surface area contributed by atoms with Crippen molar-refractivity contribution in [3.05, 3.63) is 16.0 Å². The highest BCUT2D eigenvalue weighted by atomic mass is 32.1. The number of fused-ring (bicyclic) bond motifs is 1. The van der Waals surface area contributed by atoms with E-state index in [4.69, 9.17) is 0 Å². The van der Waals surface area contributed by atoms with Gasteiger partial charge in [0.05, 0.1) is 5.56 Å². The van der Waals surface area contributed by atoms with Crippen LogP contribution in [0.15, 0.2) is 0 Å². The van der Waals surface area contributed by atoms with Crippen LogP contribution in [-0.4, -0.2) is 18.4 Å². The molecule has 1 heterocycles. The van der Waals surface area contributed by atoms with Crippen molar-refractivity contribution in [2.75, 3.05) is 11.9 Å². The van der Waals surface area contributed by atoms with Crippen LogP contribution in [0.5, 0.6) is 0 Å². The molecule has 0 saturated heterocycles. The average Bonchev–Trinajstić information content (AvgIpc) is 2.75. The van der Waals surface area contributed by atoms with Gasteiger partial charge in [0, 0.05) is 18.3 Å². The molecule has 0 spiro atoms. The lowest BCUT2D eigenvalue weighted by Crippen LogP contribution is -2.26. The van der Waals surface area contributed by atoms with Crippen molar-refractivity contribution >= 4 is 28.2 Å². The minimum absolute atomic E-state index is 0.0402. The van der Waals surface area contributed by atoms with E-state index in [1.807, 2.05) is 0 Å². The molecule has 0 bridgehead atoms. The summed E-state index contributed by atoms with van der Waals surface area (Å²) in [6.07, 6.45) is 6.30. The molecular weight excluding hydrogens is 272 g/mol. The number of amides is 2. The minimum Gasteiger partial charge on any atom is -0.352 e. The largest absolute Gasteiger partial charge is 0.352 e.